The van der Waals surface area contributed by atoms with Gasteiger partial charge in [0.05, 0.1) is 5.56 Å². The lowest BCUT2D eigenvalue weighted by molar-refractivity contribution is -0.122. The van der Waals surface area contributed by atoms with Gasteiger partial charge < -0.3 is 10.1 Å². The maximum absolute atomic E-state index is 13.2. The van der Waals surface area contributed by atoms with Gasteiger partial charge in [0.2, 0.25) is 0 Å². The first-order chi connectivity index (χ1) is 11.5. The maximum Gasteiger partial charge on any atom is 0.321 e. The van der Waals surface area contributed by atoms with Crippen LogP contribution < -0.4 is 15.4 Å². The molecule has 0 spiro atoms. The molecule has 0 saturated heterocycles. The van der Waals surface area contributed by atoms with Crippen molar-refractivity contribution in [2.75, 3.05) is 6.61 Å². The molecule has 1 aromatic carbocycles. The average Bonchev–Trinajstić information content (AvgIpc) is 2.54. The smallest absolute Gasteiger partial charge is 0.321 e. The SMILES string of the molecule is CC(=O)c1cc(F)ccc1OCC(=O)NC(=O)NC1CCCCC1. The molecule has 0 atom stereocenters. The first-order valence-corrected chi connectivity index (χ1v) is 7.99. The minimum Gasteiger partial charge on any atom is -0.483 e. The zero-order chi connectivity index (χ0) is 17.5. The normalized spacial score (nSPS) is 14.8. The molecule has 3 amide bonds. The molecule has 6 nitrogen and oxygen atoms in total. The summed E-state index contributed by atoms with van der Waals surface area (Å²) in [4.78, 5) is 35.0. The Bertz CT molecular complexity index is 627. The van der Waals surface area contributed by atoms with E-state index in [1.807, 2.05) is 0 Å². The number of carbonyl (C=O) groups excluding carboxylic acids is 3. The van der Waals surface area contributed by atoms with Gasteiger partial charge in [-0.15, -0.1) is 0 Å². The van der Waals surface area contributed by atoms with E-state index in [-0.39, 0.29) is 23.1 Å². The number of ether oxygens (including phenoxy) is 1. The molecule has 1 aliphatic rings. The number of rotatable bonds is 5. The third-order valence-corrected chi connectivity index (χ3v) is 3.87. The lowest BCUT2D eigenvalue weighted by Gasteiger charge is -2.22. The van der Waals surface area contributed by atoms with Crippen molar-refractivity contribution in [3.63, 3.8) is 0 Å². The van der Waals surface area contributed by atoms with E-state index in [1.165, 1.54) is 19.4 Å². The van der Waals surface area contributed by atoms with E-state index in [9.17, 15) is 18.8 Å². The molecule has 0 aromatic heterocycles. The number of imide groups is 1. The Morgan fingerprint density at radius 1 is 1.21 bits per heavy atom. The van der Waals surface area contributed by atoms with Gasteiger partial charge in [0.25, 0.3) is 5.91 Å². The van der Waals surface area contributed by atoms with Crippen molar-refractivity contribution in [3.8, 4) is 5.75 Å². The number of carbonyl (C=O) groups is 3. The predicted octanol–water partition coefficient (Wildman–Crippen LogP) is 2.57. The molecule has 1 saturated carbocycles. The summed E-state index contributed by atoms with van der Waals surface area (Å²) in [6.45, 7) is 0.837. The second-order valence-electron chi connectivity index (χ2n) is 5.84. The molecule has 2 rings (SSSR count). The number of amides is 3. The number of benzene rings is 1. The molecule has 0 aliphatic heterocycles. The van der Waals surface area contributed by atoms with Crippen molar-refractivity contribution in [2.45, 2.75) is 45.1 Å². The van der Waals surface area contributed by atoms with Gasteiger partial charge in [-0.3, -0.25) is 14.9 Å². The quantitative estimate of drug-likeness (QED) is 0.810. The highest BCUT2D eigenvalue weighted by Crippen LogP contribution is 2.20. The minimum atomic E-state index is -0.637. The van der Waals surface area contributed by atoms with Crippen LogP contribution in [0.1, 0.15) is 49.4 Å². The Hall–Kier alpha value is -2.44. The Morgan fingerprint density at radius 2 is 1.92 bits per heavy atom. The summed E-state index contributed by atoms with van der Waals surface area (Å²) in [7, 11) is 0. The van der Waals surface area contributed by atoms with Crippen molar-refractivity contribution >= 4 is 17.7 Å². The van der Waals surface area contributed by atoms with Gasteiger partial charge in [-0.1, -0.05) is 19.3 Å². The largest absolute Gasteiger partial charge is 0.483 e. The summed E-state index contributed by atoms with van der Waals surface area (Å²) >= 11 is 0. The van der Waals surface area contributed by atoms with Crippen LogP contribution in [0.25, 0.3) is 0 Å². The van der Waals surface area contributed by atoms with Crippen LogP contribution in [0.5, 0.6) is 5.75 Å². The Labute approximate surface area is 139 Å². The van der Waals surface area contributed by atoms with E-state index in [4.69, 9.17) is 4.74 Å². The molecule has 7 heteroatoms. The zero-order valence-electron chi connectivity index (χ0n) is 13.6. The summed E-state index contributed by atoms with van der Waals surface area (Å²) in [5.74, 6) is -1.47. The van der Waals surface area contributed by atoms with Gasteiger partial charge in [-0.25, -0.2) is 9.18 Å². The van der Waals surface area contributed by atoms with Crippen LogP contribution in [0.4, 0.5) is 9.18 Å². The van der Waals surface area contributed by atoms with Gasteiger partial charge in [0.1, 0.15) is 11.6 Å². The maximum atomic E-state index is 13.2. The average molecular weight is 336 g/mol. The number of nitrogens with one attached hydrogen (secondary N) is 2. The molecule has 0 radical (unpaired) electrons. The van der Waals surface area contributed by atoms with E-state index in [1.54, 1.807) is 0 Å². The van der Waals surface area contributed by atoms with Gasteiger partial charge >= 0.3 is 6.03 Å². The number of hydrogen-bond acceptors (Lipinski definition) is 4. The topological polar surface area (TPSA) is 84.5 Å². The van der Waals surface area contributed by atoms with Crippen LogP contribution in [0, 0.1) is 5.82 Å². The standard InChI is InChI=1S/C17H21FN2O4/c1-11(21)14-9-12(18)7-8-15(14)24-10-16(22)20-17(23)19-13-5-3-2-4-6-13/h7-9,13H,2-6,10H2,1H3,(H2,19,20,22,23). The Kier molecular flexibility index (Phi) is 6.28. The highest BCUT2D eigenvalue weighted by atomic mass is 19.1. The molecular formula is C17H21FN2O4. The van der Waals surface area contributed by atoms with Gasteiger partial charge in [-0.2, -0.15) is 0 Å². The summed E-state index contributed by atoms with van der Waals surface area (Å²) in [5, 5.41) is 4.94. The van der Waals surface area contributed by atoms with E-state index in [0.29, 0.717) is 0 Å². The van der Waals surface area contributed by atoms with Gasteiger partial charge in [0.15, 0.2) is 12.4 Å². The molecule has 0 unspecified atom stereocenters. The Balaban J connectivity index is 1.82. The van der Waals surface area contributed by atoms with Crippen LogP contribution >= 0.6 is 0 Å². The number of urea groups is 1. The van der Waals surface area contributed by atoms with Crippen LogP contribution in [0.15, 0.2) is 18.2 Å². The third-order valence-electron chi connectivity index (χ3n) is 3.87. The Morgan fingerprint density at radius 3 is 2.58 bits per heavy atom. The monoisotopic (exact) mass is 336 g/mol. The summed E-state index contributed by atoms with van der Waals surface area (Å²) in [6.07, 6.45) is 5.13. The van der Waals surface area contributed by atoms with Crippen LogP contribution in [0.3, 0.4) is 0 Å². The van der Waals surface area contributed by atoms with E-state index < -0.39 is 24.4 Å². The van der Waals surface area contributed by atoms with Crippen molar-refractivity contribution in [2.24, 2.45) is 0 Å². The van der Waals surface area contributed by atoms with E-state index in [0.717, 1.165) is 37.8 Å². The second kappa shape index (κ2) is 8.42. The number of halogens is 1. The zero-order valence-corrected chi connectivity index (χ0v) is 13.6. The molecule has 1 aliphatic carbocycles. The molecule has 1 aromatic rings. The first kappa shape index (κ1) is 17.9. The number of hydrogen-bond donors (Lipinski definition) is 2. The lowest BCUT2D eigenvalue weighted by atomic mass is 9.96. The van der Waals surface area contributed by atoms with Crippen molar-refractivity contribution < 1.29 is 23.5 Å². The second-order valence-corrected chi connectivity index (χ2v) is 5.84. The predicted molar refractivity (Wildman–Crippen MR) is 85.4 cm³/mol. The fraction of sp³-hybridized carbons (Fsp3) is 0.471. The third kappa shape index (κ3) is 5.33. The molecule has 0 heterocycles. The molecule has 2 N–H and O–H groups in total. The van der Waals surface area contributed by atoms with E-state index >= 15 is 0 Å². The highest BCUT2D eigenvalue weighted by molar-refractivity contribution is 5.97. The fourth-order valence-electron chi connectivity index (χ4n) is 2.68. The summed E-state index contributed by atoms with van der Waals surface area (Å²) < 4.78 is 18.4. The van der Waals surface area contributed by atoms with Crippen LogP contribution in [-0.4, -0.2) is 30.4 Å². The molecule has 0 bridgehead atoms. The number of Topliss-reactive ketones (excluding diaryl/α,β-unsaturated/α-hetero) is 1. The van der Waals surface area contributed by atoms with Crippen LogP contribution in [0.2, 0.25) is 0 Å². The van der Waals surface area contributed by atoms with Gasteiger partial charge in [0, 0.05) is 6.04 Å². The first-order valence-electron chi connectivity index (χ1n) is 7.99. The summed E-state index contributed by atoms with van der Waals surface area (Å²) in [5.41, 5.74) is 0.0504. The fourth-order valence-corrected chi connectivity index (χ4v) is 2.68. The number of ketones is 1. The van der Waals surface area contributed by atoms with E-state index in [2.05, 4.69) is 10.6 Å². The van der Waals surface area contributed by atoms with Crippen molar-refractivity contribution in [1.29, 1.82) is 0 Å². The highest BCUT2D eigenvalue weighted by Gasteiger charge is 2.17. The molecule has 1 fully saturated rings. The van der Waals surface area contributed by atoms with Gasteiger partial charge in [-0.05, 0) is 38.0 Å². The van der Waals surface area contributed by atoms with Crippen LogP contribution in [-0.2, 0) is 4.79 Å². The molecule has 24 heavy (non-hydrogen) atoms. The molecular weight excluding hydrogens is 315 g/mol. The summed E-state index contributed by atoms with van der Waals surface area (Å²) in [6, 6.07) is 3.00. The van der Waals surface area contributed by atoms with Crippen molar-refractivity contribution in [1.82, 2.24) is 10.6 Å². The minimum absolute atomic E-state index is 0.0504. The molecule has 130 valence electrons. The van der Waals surface area contributed by atoms with Crippen molar-refractivity contribution in [3.05, 3.63) is 29.6 Å². The lowest BCUT2D eigenvalue weighted by Crippen LogP contribution is -2.46.